The van der Waals surface area contributed by atoms with Gasteiger partial charge in [-0.15, -0.1) is 0 Å². The Morgan fingerprint density at radius 3 is 1.65 bits per heavy atom. The van der Waals surface area contributed by atoms with E-state index in [1.54, 1.807) is 5.56 Å². The number of hydrogen-bond acceptors (Lipinski definition) is 1. The summed E-state index contributed by atoms with van der Waals surface area (Å²) in [6.07, 6.45) is 8.70. The van der Waals surface area contributed by atoms with Gasteiger partial charge in [-0.25, -0.2) is 0 Å². The average molecular weight is 813 g/mol. The lowest BCUT2D eigenvalue weighted by Crippen LogP contribution is -2.48. The van der Waals surface area contributed by atoms with Gasteiger partial charge in [-0.2, -0.15) is 0 Å². The lowest BCUT2D eigenvalue weighted by Gasteiger charge is -2.57. The summed E-state index contributed by atoms with van der Waals surface area (Å²) in [5, 5.41) is 2.49. The smallest absolute Gasteiger partial charge is 0.0542 e. The Hall–Kier alpha value is -6.64. The number of nitrogens with zero attached hydrogens (tertiary/aromatic N) is 2. The Bertz CT molecular complexity index is 3170. The second kappa shape index (κ2) is 13.9. The molecule has 5 aliphatic rings. The lowest BCUT2D eigenvalue weighted by atomic mass is 9.48. The number of rotatable bonds is 7. The number of benzene rings is 8. The average Bonchev–Trinajstić information content (AvgIpc) is 3.77. The van der Waals surface area contributed by atoms with Crippen LogP contribution in [0.3, 0.4) is 0 Å². The van der Waals surface area contributed by atoms with Crippen LogP contribution in [0.4, 0.5) is 17.1 Å². The molecule has 2 heteroatoms. The van der Waals surface area contributed by atoms with E-state index >= 15 is 0 Å². The fourth-order valence-electron chi connectivity index (χ4n) is 13.4. The Balaban J connectivity index is 0.891. The molecule has 4 bridgehead atoms. The van der Waals surface area contributed by atoms with E-state index in [-0.39, 0.29) is 5.41 Å². The molecule has 2 nitrogen and oxygen atoms in total. The van der Waals surface area contributed by atoms with Crippen molar-refractivity contribution in [1.29, 1.82) is 0 Å². The molecular weight excluding hydrogens is 761 g/mol. The fraction of sp³-hybridized carbons (Fsp3) is 0.213. The molecule has 1 aromatic heterocycles. The van der Waals surface area contributed by atoms with Gasteiger partial charge in [0.2, 0.25) is 0 Å². The maximum absolute atomic E-state index is 2.50. The van der Waals surface area contributed by atoms with Crippen LogP contribution in [0.1, 0.15) is 69.1 Å². The molecular formula is C61H52N2. The van der Waals surface area contributed by atoms with Gasteiger partial charge in [0.15, 0.2) is 0 Å². The molecule has 5 aliphatic carbocycles. The largest absolute Gasteiger partial charge is 0.310 e. The molecule has 0 spiro atoms. The first-order valence-corrected chi connectivity index (χ1v) is 23.3. The standard InChI is InChI=1S/C61H52N2/c1-60(2)56-34-46(45-17-22-47(23-18-45)61-37-40-31-41(38-61)33-42(32-40)39-61)21-28-52(56)53-29-26-51(36-57(53)60)62(49-24-19-44(20-25-49)43-11-5-3-6-12-43)50-27-30-59-55(35-50)54-15-9-10-16-58(54)63(59)48-13-7-4-8-14-48/h3-30,34-36,40-42H,31-33,37-39H2,1-2H3. The maximum atomic E-state index is 2.50. The first kappa shape index (κ1) is 37.0. The molecule has 1 heterocycles. The predicted molar refractivity (Wildman–Crippen MR) is 264 cm³/mol. The number of para-hydroxylation sites is 2. The quantitative estimate of drug-likeness (QED) is 0.156. The normalized spacial score (nSPS) is 21.5. The van der Waals surface area contributed by atoms with Crippen LogP contribution >= 0.6 is 0 Å². The summed E-state index contributed by atoms with van der Waals surface area (Å²) in [6.45, 7) is 4.84. The van der Waals surface area contributed by atoms with Crippen LogP contribution < -0.4 is 4.90 Å². The van der Waals surface area contributed by atoms with Gasteiger partial charge in [0, 0.05) is 38.9 Å². The third-order valence-electron chi connectivity index (χ3n) is 15.9. The second-order valence-electron chi connectivity index (χ2n) is 20.0. The van der Waals surface area contributed by atoms with Gasteiger partial charge in [0.1, 0.15) is 0 Å². The van der Waals surface area contributed by atoms with Crippen molar-refractivity contribution >= 4 is 38.9 Å². The molecule has 0 atom stereocenters. The monoisotopic (exact) mass is 812 g/mol. The summed E-state index contributed by atoms with van der Waals surface area (Å²) >= 11 is 0. The van der Waals surface area contributed by atoms with E-state index in [9.17, 15) is 0 Å². The highest BCUT2D eigenvalue weighted by molar-refractivity contribution is 6.10. The first-order valence-electron chi connectivity index (χ1n) is 23.3. The highest BCUT2D eigenvalue weighted by Crippen LogP contribution is 2.61. The molecule has 9 aromatic rings. The zero-order valence-electron chi connectivity index (χ0n) is 36.3. The first-order chi connectivity index (χ1) is 30.9. The van der Waals surface area contributed by atoms with Gasteiger partial charge in [-0.05, 0) is 178 Å². The highest BCUT2D eigenvalue weighted by Gasteiger charge is 2.51. The van der Waals surface area contributed by atoms with E-state index in [2.05, 4.69) is 211 Å². The lowest BCUT2D eigenvalue weighted by molar-refractivity contribution is -0.00518. The molecule has 4 fully saturated rings. The molecule has 63 heavy (non-hydrogen) atoms. The maximum Gasteiger partial charge on any atom is 0.0542 e. The zero-order valence-corrected chi connectivity index (χ0v) is 36.3. The molecule has 306 valence electrons. The van der Waals surface area contributed by atoms with Crippen molar-refractivity contribution in [2.75, 3.05) is 4.90 Å². The molecule has 0 saturated heterocycles. The third-order valence-corrected chi connectivity index (χ3v) is 15.9. The van der Waals surface area contributed by atoms with Crippen molar-refractivity contribution in [3.05, 3.63) is 205 Å². The molecule has 14 rings (SSSR count). The van der Waals surface area contributed by atoms with Gasteiger partial charge in [-0.3, -0.25) is 0 Å². The summed E-state index contributed by atoms with van der Waals surface area (Å²) in [5.41, 5.74) is 19.4. The van der Waals surface area contributed by atoms with Crippen LogP contribution in [0.15, 0.2) is 188 Å². The highest BCUT2D eigenvalue weighted by atomic mass is 15.1. The van der Waals surface area contributed by atoms with Crippen molar-refractivity contribution in [1.82, 2.24) is 4.57 Å². The van der Waals surface area contributed by atoms with Gasteiger partial charge in [0.25, 0.3) is 0 Å². The van der Waals surface area contributed by atoms with Crippen LogP contribution in [-0.2, 0) is 10.8 Å². The molecule has 0 N–H and O–H groups in total. The van der Waals surface area contributed by atoms with E-state index in [0.717, 1.165) is 34.8 Å². The van der Waals surface area contributed by atoms with Gasteiger partial charge in [0.05, 0.1) is 11.0 Å². The number of anilines is 3. The van der Waals surface area contributed by atoms with Crippen LogP contribution in [-0.4, -0.2) is 4.57 Å². The summed E-state index contributed by atoms with van der Waals surface area (Å²) in [7, 11) is 0. The van der Waals surface area contributed by atoms with Crippen LogP contribution in [0.5, 0.6) is 0 Å². The molecule has 4 saturated carbocycles. The minimum atomic E-state index is -0.175. The molecule has 0 aliphatic heterocycles. The minimum absolute atomic E-state index is 0.175. The van der Waals surface area contributed by atoms with E-state index in [4.69, 9.17) is 0 Å². The van der Waals surface area contributed by atoms with E-state index in [1.165, 1.54) is 111 Å². The molecule has 0 radical (unpaired) electrons. The third kappa shape index (κ3) is 5.83. The number of hydrogen-bond donors (Lipinski definition) is 0. The van der Waals surface area contributed by atoms with E-state index in [0.29, 0.717) is 5.41 Å². The molecule has 0 amide bonds. The van der Waals surface area contributed by atoms with Crippen molar-refractivity contribution in [2.24, 2.45) is 17.8 Å². The number of aromatic nitrogens is 1. The van der Waals surface area contributed by atoms with Gasteiger partial charge < -0.3 is 9.47 Å². The van der Waals surface area contributed by atoms with Crippen molar-refractivity contribution in [3.63, 3.8) is 0 Å². The SMILES string of the molecule is CC1(C)c2cc(-c3ccc(C45CC6CC(CC(C6)C4)C5)cc3)ccc2-c2ccc(N(c3ccc(-c4ccccc4)cc3)c3ccc4c(c3)c3ccccc3n4-c3ccccc3)cc21. The van der Waals surface area contributed by atoms with Crippen molar-refractivity contribution < 1.29 is 0 Å². The van der Waals surface area contributed by atoms with Gasteiger partial charge in [-0.1, -0.05) is 135 Å². The van der Waals surface area contributed by atoms with Crippen LogP contribution in [0.25, 0.3) is 60.9 Å². The summed E-state index contributed by atoms with van der Waals surface area (Å²) in [5.74, 6) is 2.88. The van der Waals surface area contributed by atoms with E-state index in [1.807, 2.05) is 0 Å². The van der Waals surface area contributed by atoms with Crippen molar-refractivity contribution in [2.45, 2.75) is 63.2 Å². The summed E-state index contributed by atoms with van der Waals surface area (Å²) in [4.78, 5) is 2.46. The Kier molecular flexibility index (Phi) is 8.17. The predicted octanol–water partition coefficient (Wildman–Crippen LogP) is 16.4. The summed E-state index contributed by atoms with van der Waals surface area (Å²) < 4.78 is 2.40. The molecule has 8 aromatic carbocycles. The zero-order chi connectivity index (χ0) is 41.9. The van der Waals surface area contributed by atoms with Crippen molar-refractivity contribution in [3.8, 4) is 39.1 Å². The van der Waals surface area contributed by atoms with Gasteiger partial charge >= 0.3 is 0 Å². The summed E-state index contributed by atoms with van der Waals surface area (Å²) in [6, 6.07) is 70.6. The Morgan fingerprint density at radius 1 is 0.429 bits per heavy atom. The van der Waals surface area contributed by atoms with Crippen LogP contribution in [0, 0.1) is 17.8 Å². The minimum Gasteiger partial charge on any atom is -0.310 e. The van der Waals surface area contributed by atoms with E-state index < -0.39 is 0 Å². The fourth-order valence-corrected chi connectivity index (χ4v) is 13.4. The second-order valence-corrected chi connectivity index (χ2v) is 20.0. The molecule has 0 unspecified atom stereocenters. The number of fused-ring (bicyclic) bond motifs is 6. The van der Waals surface area contributed by atoms with Crippen LogP contribution in [0.2, 0.25) is 0 Å². The Morgan fingerprint density at radius 2 is 0.937 bits per heavy atom. The Labute approximate surface area is 371 Å². The topological polar surface area (TPSA) is 8.17 Å².